The Balaban J connectivity index is 2.77. The Morgan fingerprint density at radius 3 is 1.85 bits per heavy atom. The van der Waals surface area contributed by atoms with Gasteiger partial charge in [0.15, 0.2) is 0 Å². The van der Waals surface area contributed by atoms with E-state index in [1.165, 1.54) is 0 Å². The van der Waals surface area contributed by atoms with Gasteiger partial charge >= 0.3 is 0 Å². The molecule has 0 saturated carbocycles. The van der Waals surface area contributed by atoms with Gasteiger partial charge in [-0.05, 0) is 0 Å². The molecule has 1 aliphatic heterocycles. The van der Waals surface area contributed by atoms with Gasteiger partial charge in [0.2, 0.25) is 8.24 Å². The fourth-order valence-corrected chi connectivity index (χ4v) is 3.96. The minimum absolute atomic E-state index is 1.06. The zero-order chi connectivity index (χ0) is 9.73. The number of piperazine rings is 1. The molecule has 1 rings (SSSR count). The zero-order valence-corrected chi connectivity index (χ0v) is 9.13. The van der Waals surface area contributed by atoms with Crippen molar-refractivity contribution < 1.29 is 0 Å². The Morgan fingerprint density at radius 2 is 1.46 bits per heavy atom. The van der Waals surface area contributed by atoms with Crippen LogP contribution < -0.4 is 5.32 Å². The van der Waals surface area contributed by atoms with Crippen molar-refractivity contribution >= 4 is 8.24 Å². The highest BCUT2D eigenvalue weighted by Crippen LogP contribution is 2.14. The van der Waals surface area contributed by atoms with E-state index in [9.17, 15) is 0 Å². The normalized spacial score (nSPS) is 19.4. The van der Waals surface area contributed by atoms with E-state index in [1.54, 1.807) is 0 Å². The second-order valence-electron chi connectivity index (χ2n) is 3.24. The predicted octanol–water partition coefficient (Wildman–Crippen LogP) is 1.01. The highest BCUT2D eigenvalue weighted by molar-refractivity contribution is 6.90. The van der Waals surface area contributed by atoms with Crippen molar-refractivity contribution in [1.29, 1.82) is 0 Å². The van der Waals surface area contributed by atoms with Crippen LogP contribution in [0.25, 0.3) is 0 Å². The van der Waals surface area contributed by atoms with Gasteiger partial charge in [0.25, 0.3) is 0 Å². The summed E-state index contributed by atoms with van der Waals surface area (Å²) in [7, 11) is -1.73. The first-order valence-corrected chi connectivity index (χ1v) is 6.83. The maximum absolute atomic E-state index is 3.91. The number of rotatable bonds is 4. The third-order valence-corrected chi connectivity index (χ3v) is 6.15. The van der Waals surface area contributed by atoms with Gasteiger partial charge in [-0.25, -0.2) is 0 Å². The summed E-state index contributed by atoms with van der Waals surface area (Å²) < 4.78 is 2.47. The number of hydrogen-bond donors (Lipinski definition) is 1. The van der Waals surface area contributed by atoms with Crippen LogP contribution in [0.2, 0.25) is 0 Å². The summed E-state index contributed by atoms with van der Waals surface area (Å²) in [5, 5.41) is 3.34. The largest absolute Gasteiger partial charge is 0.314 e. The minimum Gasteiger partial charge on any atom is -0.314 e. The maximum atomic E-state index is 3.91. The third kappa shape index (κ3) is 1.99. The van der Waals surface area contributed by atoms with E-state index in [0.717, 1.165) is 26.2 Å². The molecule has 0 spiro atoms. The molecular formula is C10H18N2Si. The van der Waals surface area contributed by atoms with E-state index in [1.807, 2.05) is 17.1 Å². The van der Waals surface area contributed by atoms with Crippen LogP contribution >= 0.6 is 0 Å². The van der Waals surface area contributed by atoms with Gasteiger partial charge in [-0.15, -0.1) is 19.7 Å². The molecule has 0 atom stereocenters. The topological polar surface area (TPSA) is 15.3 Å². The van der Waals surface area contributed by atoms with E-state index < -0.39 is 8.24 Å². The first-order chi connectivity index (χ1) is 6.29. The third-order valence-electron chi connectivity index (χ3n) is 2.65. The van der Waals surface area contributed by atoms with Crippen LogP contribution in [-0.4, -0.2) is 39.0 Å². The summed E-state index contributed by atoms with van der Waals surface area (Å²) in [6.45, 7) is 16.0. The van der Waals surface area contributed by atoms with Crippen LogP contribution in [0.5, 0.6) is 0 Å². The second-order valence-corrected chi connectivity index (χ2v) is 6.87. The van der Waals surface area contributed by atoms with Crippen molar-refractivity contribution in [2.24, 2.45) is 0 Å². The van der Waals surface area contributed by atoms with Gasteiger partial charge < -0.3 is 9.88 Å². The average Bonchev–Trinajstić information content (AvgIpc) is 2.23. The maximum Gasteiger partial charge on any atom is 0.201 e. The predicted molar refractivity (Wildman–Crippen MR) is 60.8 cm³/mol. The van der Waals surface area contributed by atoms with E-state index >= 15 is 0 Å². The summed E-state index contributed by atoms with van der Waals surface area (Å²) in [4.78, 5) is 0. The minimum atomic E-state index is -1.73. The Morgan fingerprint density at radius 1 is 1.00 bits per heavy atom. The monoisotopic (exact) mass is 194 g/mol. The molecule has 72 valence electrons. The summed E-state index contributed by atoms with van der Waals surface area (Å²) in [6, 6.07) is 0. The average molecular weight is 194 g/mol. The number of nitrogens with zero attached hydrogens (tertiary/aromatic N) is 1. The second kappa shape index (κ2) is 4.55. The quantitative estimate of drug-likeness (QED) is 0.672. The molecule has 0 aromatic rings. The Labute approximate surface area is 81.7 Å². The van der Waals surface area contributed by atoms with Crippen LogP contribution in [0.4, 0.5) is 0 Å². The lowest BCUT2D eigenvalue weighted by atomic mass is 10.4. The van der Waals surface area contributed by atoms with Gasteiger partial charge in [0, 0.05) is 26.2 Å². The van der Waals surface area contributed by atoms with Gasteiger partial charge in [0.05, 0.1) is 0 Å². The Bertz CT molecular complexity index is 185. The summed E-state index contributed by atoms with van der Waals surface area (Å²) >= 11 is 0. The van der Waals surface area contributed by atoms with Crippen molar-refractivity contribution in [1.82, 2.24) is 9.88 Å². The lowest BCUT2D eigenvalue weighted by molar-refractivity contribution is 0.367. The van der Waals surface area contributed by atoms with Gasteiger partial charge in [0.1, 0.15) is 0 Å². The van der Waals surface area contributed by atoms with Crippen molar-refractivity contribution in [3.05, 3.63) is 36.8 Å². The van der Waals surface area contributed by atoms with Crippen LogP contribution in [0.3, 0.4) is 0 Å². The standard InChI is InChI=1S/C10H18N2Si/c1-4-13(5-2,6-3)12-9-7-11-8-10-12/h4-6,11H,1-3,7-10H2. The fraction of sp³-hybridized carbons (Fsp3) is 0.400. The highest BCUT2D eigenvalue weighted by atomic mass is 28.3. The molecule has 0 unspecified atom stereocenters. The smallest absolute Gasteiger partial charge is 0.201 e. The molecule has 1 fully saturated rings. The van der Waals surface area contributed by atoms with Crippen molar-refractivity contribution in [2.75, 3.05) is 26.2 Å². The zero-order valence-electron chi connectivity index (χ0n) is 8.13. The van der Waals surface area contributed by atoms with Crippen LogP contribution in [0.15, 0.2) is 36.8 Å². The van der Waals surface area contributed by atoms with Crippen LogP contribution in [0.1, 0.15) is 0 Å². The molecule has 0 amide bonds. The molecule has 0 bridgehead atoms. The first-order valence-electron chi connectivity index (χ1n) is 4.65. The van der Waals surface area contributed by atoms with Gasteiger partial charge in [-0.2, -0.15) is 0 Å². The number of nitrogens with one attached hydrogen (secondary N) is 1. The molecule has 1 N–H and O–H groups in total. The highest BCUT2D eigenvalue weighted by Gasteiger charge is 2.31. The van der Waals surface area contributed by atoms with Crippen molar-refractivity contribution in [2.45, 2.75) is 0 Å². The lowest BCUT2D eigenvalue weighted by Crippen LogP contribution is -2.57. The van der Waals surface area contributed by atoms with Crippen LogP contribution in [-0.2, 0) is 0 Å². The van der Waals surface area contributed by atoms with E-state index in [0.29, 0.717) is 0 Å². The Hall–Kier alpha value is -0.643. The molecule has 2 nitrogen and oxygen atoms in total. The van der Waals surface area contributed by atoms with Crippen LogP contribution in [0, 0.1) is 0 Å². The van der Waals surface area contributed by atoms with Gasteiger partial charge in [-0.1, -0.05) is 17.1 Å². The molecule has 1 heterocycles. The van der Waals surface area contributed by atoms with E-state index in [-0.39, 0.29) is 0 Å². The summed E-state index contributed by atoms with van der Waals surface area (Å²) in [5.41, 5.74) is 6.12. The van der Waals surface area contributed by atoms with Crippen molar-refractivity contribution in [3.8, 4) is 0 Å². The van der Waals surface area contributed by atoms with Crippen molar-refractivity contribution in [3.63, 3.8) is 0 Å². The SMILES string of the molecule is C=C[Si](C=C)(C=C)N1CCNCC1. The Kier molecular flexibility index (Phi) is 3.66. The molecule has 3 heteroatoms. The van der Waals surface area contributed by atoms with E-state index in [2.05, 4.69) is 29.6 Å². The van der Waals surface area contributed by atoms with E-state index in [4.69, 9.17) is 0 Å². The molecule has 0 aromatic heterocycles. The number of hydrogen-bond acceptors (Lipinski definition) is 2. The summed E-state index contributed by atoms with van der Waals surface area (Å²) in [6.07, 6.45) is 0. The molecule has 0 aromatic carbocycles. The van der Waals surface area contributed by atoms with Gasteiger partial charge in [-0.3, -0.25) is 0 Å². The molecular weight excluding hydrogens is 176 g/mol. The fourth-order valence-electron chi connectivity index (χ4n) is 1.69. The molecule has 13 heavy (non-hydrogen) atoms. The first kappa shape index (κ1) is 10.4. The summed E-state index contributed by atoms with van der Waals surface area (Å²) in [5.74, 6) is 0. The lowest BCUT2D eigenvalue weighted by Gasteiger charge is -2.38. The molecule has 1 saturated heterocycles. The molecule has 1 aliphatic rings. The molecule has 0 radical (unpaired) electrons. The molecule has 0 aliphatic carbocycles.